The second-order valence-electron chi connectivity index (χ2n) is 6.75. The third-order valence-electron chi connectivity index (χ3n) is 4.43. The number of hydrogen-bond acceptors (Lipinski definition) is 4. The summed E-state index contributed by atoms with van der Waals surface area (Å²) in [6, 6.07) is 13.7. The number of thiazole rings is 1. The zero-order valence-corrected chi connectivity index (χ0v) is 16.8. The number of aromatic nitrogens is 1. The van der Waals surface area contributed by atoms with Gasteiger partial charge in [0.25, 0.3) is 0 Å². The Labute approximate surface area is 163 Å². The maximum absolute atomic E-state index is 11.3. The molecule has 0 radical (unpaired) electrons. The van der Waals surface area contributed by atoms with Gasteiger partial charge in [-0.3, -0.25) is 0 Å². The fourth-order valence-electron chi connectivity index (χ4n) is 3.04. The highest BCUT2D eigenvalue weighted by Crippen LogP contribution is 2.31. The quantitative estimate of drug-likeness (QED) is 0.545. The molecule has 5 heteroatoms. The van der Waals surface area contributed by atoms with Gasteiger partial charge in [-0.2, -0.15) is 0 Å². The zero-order chi connectivity index (χ0) is 19.6. The van der Waals surface area contributed by atoms with Crippen molar-refractivity contribution in [2.24, 2.45) is 0 Å². The molecule has 1 N–H and O–H groups in total. The molecule has 2 aromatic carbocycles. The molecule has 0 aliphatic heterocycles. The second kappa shape index (κ2) is 7.92. The maximum atomic E-state index is 11.3. The van der Waals surface area contributed by atoms with Crippen LogP contribution in [0.5, 0.6) is 11.5 Å². The monoisotopic (exact) mass is 381 g/mol. The molecular formula is C22H23NO3S. The molecular weight excluding hydrogens is 358 g/mol. The van der Waals surface area contributed by atoms with Gasteiger partial charge in [0.05, 0.1) is 5.69 Å². The van der Waals surface area contributed by atoms with Gasteiger partial charge in [0.15, 0.2) is 0 Å². The Hall–Kier alpha value is -2.66. The van der Waals surface area contributed by atoms with Crippen LogP contribution in [0.1, 0.15) is 53.2 Å². The van der Waals surface area contributed by atoms with Crippen LogP contribution in [0.25, 0.3) is 10.6 Å². The molecule has 27 heavy (non-hydrogen) atoms. The number of benzene rings is 2. The van der Waals surface area contributed by atoms with Gasteiger partial charge in [0.2, 0.25) is 0 Å². The molecule has 3 aromatic rings. The van der Waals surface area contributed by atoms with Crippen molar-refractivity contribution in [2.75, 3.05) is 0 Å². The first kappa shape index (κ1) is 19.1. The first-order valence-electron chi connectivity index (χ1n) is 9.00. The van der Waals surface area contributed by atoms with E-state index in [-0.39, 0.29) is 0 Å². The van der Waals surface area contributed by atoms with Crippen LogP contribution in [0.4, 0.5) is 0 Å². The molecule has 0 unspecified atom stereocenters. The van der Waals surface area contributed by atoms with Crippen molar-refractivity contribution >= 4 is 17.3 Å². The number of carboxylic acids is 1. The zero-order valence-electron chi connectivity index (χ0n) is 15.9. The number of ether oxygens (including phenoxy) is 1. The summed E-state index contributed by atoms with van der Waals surface area (Å²) in [4.78, 5) is 16.1. The number of nitrogens with zero attached hydrogens (tertiary/aromatic N) is 1. The minimum Gasteiger partial charge on any atom is -0.477 e. The van der Waals surface area contributed by atoms with Crippen LogP contribution >= 0.6 is 11.3 Å². The Morgan fingerprint density at radius 1 is 1.15 bits per heavy atom. The molecule has 1 heterocycles. The number of hydrogen-bond donors (Lipinski definition) is 1. The van der Waals surface area contributed by atoms with E-state index in [0.29, 0.717) is 27.9 Å². The standard InChI is InChI=1S/C22H23NO3S/c1-5-19-20(22(24)25)27-21(23-19)15-6-8-16(9-7-15)26-17-10-11-18(13(2)3)14(4)12-17/h6-13H,5H2,1-4H3,(H,24,25). The third-order valence-corrected chi connectivity index (χ3v) is 5.56. The van der Waals surface area contributed by atoms with E-state index in [2.05, 4.69) is 37.9 Å². The van der Waals surface area contributed by atoms with Gasteiger partial charge in [-0.1, -0.05) is 26.8 Å². The maximum Gasteiger partial charge on any atom is 0.347 e. The lowest BCUT2D eigenvalue weighted by Crippen LogP contribution is -1.97. The average Bonchev–Trinajstić information content (AvgIpc) is 3.07. The van der Waals surface area contributed by atoms with Crippen LogP contribution in [0.2, 0.25) is 0 Å². The second-order valence-corrected chi connectivity index (χ2v) is 7.75. The molecule has 0 saturated heterocycles. The van der Waals surface area contributed by atoms with E-state index in [9.17, 15) is 9.90 Å². The predicted molar refractivity (Wildman–Crippen MR) is 109 cm³/mol. The number of aromatic carboxylic acids is 1. The Morgan fingerprint density at radius 3 is 2.33 bits per heavy atom. The minimum absolute atomic E-state index is 0.313. The lowest BCUT2D eigenvalue weighted by Gasteiger charge is -2.12. The highest BCUT2D eigenvalue weighted by molar-refractivity contribution is 7.17. The van der Waals surface area contributed by atoms with Crippen LogP contribution in [-0.2, 0) is 6.42 Å². The summed E-state index contributed by atoms with van der Waals surface area (Å²) in [5, 5.41) is 10.0. The van der Waals surface area contributed by atoms with Crippen molar-refractivity contribution in [3.05, 3.63) is 64.2 Å². The first-order chi connectivity index (χ1) is 12.9. The summed E-state index contributed by atoms with van der Waals surface area (Å²) >= 11 is 1.21. The summed E-state index contributed by atoms with van der Waals surface area (Å²) < 4.78 is 5.96. The molecule has 0 aliphatic rings. The lowest BCUT2D eigenvalue weighted by molar-refractivity contribution is 0.0701. The third kappa shape index (κ3) is 4.19. The van der Waals surface area contributed by atoms with E-state index in [4.69, 9.17) is 4.74 Å². The highest BCUT2D eigenvalue weighted by Gasteiger charge is 2.16. The fraction of sp³-hybridized carbons (Fsp3) is 0.273. The number of carbonyl (C=O) groups is 1. The summed E-state index contributed by atoms with van der Waals surface area (Å²) in [6.07, 6.45) is 0.602. The highest BCUT2D eigenvalue weighted by atomic mass is 32.1. The van der Waals surface area contributed by atoms with E-state index >= 15 is 0 Å². The average molecular weight is 381 g/mol. The molecule has 0 saturated carbocycles. The van der Waals surface area contributed by atoms with Gasteiger partial charge in [-0.05, 0) is 66.8 Å². The van der Waals surface area contributed by atoms with Gasteiger partial charge in [0, 0.05) is 5.56 Å². The van der Waals surface area contributed by atoms with Gasteiger partial charge in [0.1, 0.15) is 21.4 Å². The fourth-order valence-corrected chi connectivity index (χ4v) is 4.04. The summed E-state index contributed by atoms with van der Waals surface area (Å²) in [5.41, 5.74) is 4.06. The lowest BCUT2D eigenvalue weighted by atomic mass is 9.98. The van der Waals surface area contributed by atoms with E-state index < -0.39 is 5.97 Å². The Bertz CT molecular complexity index is 958. The van der Waals surface area contributed by atoms with E-state index in [1.165, 1.54) is 22.5 Å². The smallest absolute Gasteiger partial charge is 0.347 e. The van der Waals surface area contributed by atoms with Crippen molar-refractivity contribution < 1.29 is 14.6 Å². The number of rotatable bonds is 6. The van der Waals surface area contributed by atoms with Crippen molar-refractivity contribution in [1.82, 2.24) is 4.98 Å². The first-order valence-corrected chi connectivity index (χ1v) is 9.82. The van der Waals surface area contributed by atoms with Crippen molar-refractivity contribution in [1.29, 1.82) is 0 Å². The SMILES string of the molecule is CCc1nc(-c2ccc(Oc3ccc(C(C)C)c(C)c3)cc2)sc1C(=O)O. The van der Waals surface area contributed by atoms with E-state index in [1.54, 1.807) is 0 Å². The molecule has 1 aromatic heterocycles. The molecule has 0 amide bonds. The molecule has 0 fully saturated rings. The molecule has 0 bridgehead atoms. The molecule has 0 spiro atoms. The molecule has 140 valence electrons. The van der Waals surface area contributed by atoms with Gasteiger partial charge in [-0.25, -0.2) is 9.78 Å². The largest absolute Gasteiger partial charge is 0.477 e. The summed E-state index contributed by atoms with van der Waals surface area (Å²) in [5.74, 6) is 1.11. The number of aryl methyl sites for hydroxylation is 2. The van der Waals surface area contributed by atoms with Crippen LogP contribution in [0.3, 0.4) is 0 Å². The molecule has 0 atom stereocenters. The predicted octanol–water partition coefficient (Wildman–Crippen LogP) is 6.29. The van der Waals surface area contributed by atoms with Crippen LogP contribution in [0, 0.1) is 6.92 Å². The van der Waals surface area contributed by atoms with Crippen LogP contribution < -0.4 is 4.74 Å². The number of carboxylic acid groups (broad SMARTS) is 1. The Kier molecular flexibility index (Phi) is 5.61. The van der Waals surface area contributed by atoms with E-state index in [0.717, 1.165) is 17.1 Å². The molecule has 3 rings (SSSR count). The van der Waals surface area contributed by atoms with Crippen molar-refractivity contribution in [3.63, 3.8) is 0 Å². The molecule has 4 nitrogen and oxygen atoms in total. The Morgan fingerprint density at radius 2 is 1.81 bits per heavy atom. The summed E-state index contributed by atoms with van der Waals surface area (Å²) in [7, 11) is 0. The topological polar surface area (TPSA) is 59.4 Å². The normalized spacial score (nSPS) is 11.0. The van der Waals surface area contributed by atoms with Gasteiger partial charge in [-0.15, -0.1) is 11.3 Å². The van der Waals surface area contributed by atoms with Gasteiger partial charge < -0.3 is 9.84 Å². The van der Waals surface area contributed by atoms with Crippen molar-refractivity contribution in [2.45, 2.75) is 40.0 Å². The van der Waals surface area contributed by atoms with Gasteiger partial charge >= 0.3 is 5.97 Å². The summed E-state index contributed by atoms with van der Waals surface area (Å²) in [6.45, 7) is 8.37. The van der Waals surface area contributed by atoms with Crippen LogP contribution in [0.15, 0.2) is 42.5 Å². The molecule has 0 aliphatic carbocycles. The van der Waals surface area contributed by atoms with Crippen molar-refractivity contribution in [3.8, 4) is 22.1 Å². The van der Waals surface area contributed by atoms with E-state index in [1.807, 2.05) is 37.3 Å². The van der Waals surface area contributed by atoms with Crippen LogP contribution in [-0.4, -0.2) is 16.1 Å². The Balaban J connectivity index is 1.80. The minimum atomic E-state index is -0.921.